The monoisotopic (exact) mass is 234 g/mol. The second-order valence-corrected chi connectivity index (χ2v) is 4.69. The summed E-state index contributed by atoms with van der Waals surface area (Å²) in [6.45, 7) is 5.14. The predicted molar refractivity (Wildman–Crippen MR) is 66.9 cm³/mol. The van der Waals surface area contributed by atoms with Crippen molar-refractivity contribution in [3.63, 3.8) is 0 Å². The molecule has 0 saturated carbocycles. The second-order valence-electron chi connectivity index (χ2n) is 4.25. The van der Waals surface area contributed by atoms with Crippen LogP contribution in [0.3, 0.4) is 0 Å². The molecule has 3 heteroatoms. The Morgan fingerprint density at radius 3 is 2.50 bits per heavy atom. The van der Waals surface area contributed by atoms with Gasteiger partial charge < -0.3 is 0 Å². The molecular formula is C13H15ClN2. The summed E-state index contributed by atoms with van der Waals surface area (Å²) < 4.78 is 1.96. The van der Waals surface area contributed by atoms with Gasteiger partial charge in [-0.25, -0.2) is 0 Å². The Hall–Kier alpha value is -1.28. The van der Waals surface area contributed by atoms with E-state index in [2.05, 4.69) is 25.1 Å². The Labute approximate surface area is 101 Å². The van der Waals surface area contributed by atoms with Gasteiger partial charge in [0.25, 0.3) is 0 Å². The minimum Gasteiger partial charge on any atom is -0.268 e. The third-order valence-electron chi connectivity index (χ3n) is 2.58. The molecule has 1 aromatic heterocycles. The molecule has 0 aliphatic carbocycles. The van der Waals surface area contributed by atoms with Crippen molar-refractivity contribution in [3.8, 4) is 0 Å². The molecule has 0 saturated heterocycles. The van der Waals surface area contributed by atoms with E-state index in [-0.39, 0.29) is 0 Å². The topological polar surface area (TPSA) is 17.8 Å². The molecule has 0 radical (unpaired) electrons. The van der Waals surface area contributed by atoms with E-state index in [4.69, 9.17) is 11.6 Å². The fourth-order valence-corrected chi connectivity index (χ4v) is 1.67. The highest BCUT2D eigenvalue weighted by atomic mass is 35.5. The third-order valence-corrected chi connectivity index (χ3v) is 2.83. The summed E-state index contributed by atoms with van der Waals surface area (Å²) in [6, 6.07) is 7.87. The molecule has 2 rings (SSSR count). The zero-order valence-corrected chi connectivity index (χ0v) is 10.3. The highest BCUT2D eigenvalue weighted by molar-refractivity contribution is 6.30. The first-order valence-corrected chi connectivity index (χ1v) is 5.80. The minimum absolute atomic E-state index is 0.527. The highest BCUT2D eigenvalue weighted by Gasteiger charge is 2.03. The molecule has 0 aliphatic rings. The first-order chi connectivity index (χ1) is 7.65. The second kappa shape index (κ2) is 4.71. The van der Waals surface area contributed by atoms with Gasteiger partial charge in [-0.15, -0.1) is 0 Å². The van der Waals surface area contributed by atoms with Crippen molar-refractivity contribution in [2.24, 2.45) is 0 Å². The van der Waals surface area contributed by atoms with E-state index < -0.39 is 0 Å². The van der Waals surface area contributed by atoms with Crippen molar-refractivity contribution in [1.82, 2.24) is 9.78 Å². The van der Waals surface area contributed by atoms with Crippen molar-refractivity contribution < 1.29 is 0 Å². The fraction of sp³-hybridized carbons (Fsp3) is 0.308. The number of nitrogens with zero attached hydrogens (tertiary/aromatic N) is 2. The molecule has 84 valence electrons. The largest absolute Gasteiger partial charge is 0.268 e. The Morgan fingerprint density at radius 1 is 1.25 bits per heavy atom. The normalized spacial score (nSPS) is 11.0. The molecule has 0 amide bonds. The fourth-order valence-electron chi connectivity index (χ4n) is 1.54. The molecule has 0 unspecified atom stereocenters. The van der Waals surface area contributed by atoms with Crippen LogP contribution in [0.4, 0.5) is 0 Å². The SMILES string of the molecule is CC(C)c1cnn(Cc2ccc(Cl)cc2)c1. The van der Waals surface area contributed by atoms with Crippen LogP contribution in [0.25, 0.3) is 0 Å². The maximum atomic E-state index is 5.84. The van der Waals surface area contributed by atoms with Crippen LogP contribution in [-0.2, 0) is 6.54 Å². The van der Waals surface area contributed by atoms with E-state index >= 15 is 0 Å². The van der Waals surface area contributed by atoms with Gasteiger partial charge in [-0.05, 0) is 29.2 Å². The van der Waals surface area contributed by atoms with Gasteiger partial charge in [0.2, 0.25) is 0 Å². The zero-order chi connectivity index (χ0) is 11.5. The van der Waals surface area contributed by atoms with E-state index in [1.807, 2.05) is 35.1 Å². The lowest BCUT2D eigenvalue weighted by Crippen LogP contribution is -1.99. The maximum Gasteiger partial charge on any atom is 0.0659 e. The van der Waals surface area contributed by atoms with Crippen LogP contribution in [0.5, 0.6) is 0 Å². The van der Waals surface area contributed by atoms with Crippen LogP contribution >= 0.6 is 11.6 Å². The maximum absolute atomic E-state index is 5.84. The predicted octanol–water partition coefficient (Wildman–Crippen LogP) is 3.71. The number of halogens is 1. The first kappa shape index (κ1) is 11.2. The molecular weight excluding hydrogens is 220 g/mol. The molecule has 0 bridgehead atoms. The number of hydrogen-bond acceptors (Lipinski definition) is 1. The number of aromatic nitrogens is 2. The van der Waals surface area contributed by atoms with Gasteiger partial charge in [-0.1, -0.05) is 37.6 Å². The van der Waals surface area contributed by atoms with Crippen LogP contribution in [0.1, 0.15) is 30.9 Å². The lowest BCUT2D eigenvalue weighted by Gasteiger charge is -2.02. The summed E-state index contributed by atoms with van der Waals surface area (Å²) in [5.41, 5.74) is 2.48. The minimum atomic E-state index is 0.527. The summed E-state index contributed by atoms with van der Waals surface area (Å²) in [6.07, 6.45) is 4.03. The zero-order valence-electron chi connectivity index (χ0n) is 9.52. The number of hydrogen-bond donors (Lipinski definition) is 0. The quantitative estimate of drug-likeness (QED) is 0.792. The van der Waals surface area contributed by atoms with Gasteiger partial charge in [0.05, 0.1) is 12.7 Å². The van der Waals surface area contributed by atoms with E-state index in [9.17, 15) is 0 Å². The van der Waals surface area contributed by atoms with Crippen LogP contribution in [0.2, 0.25) is 5.02 Å². The standard InChI is InChI=1S/C13H15ClN2/c1-10(2)12-7-15-16(9-12)8-11-3-5-13(14)6-4-11/h3-7,9-10H,8H2,1-2H3. The van der Waals surface area contributed by atoms with E-state index in [0.29, 0.717) is 5.92 Å². The Bertz CT molecular complexity index is 457. The number of rotatable bonds is 3. The lowest BCUT2D eigenvalue weighted by molar-refractivity contribution is 0.685. The summed E-state index contributed by atoms with van der Waals surface area (Å²) in [4.78, 5) is 0. The van der Waals surface area contributed by atoms with Gasteiger partial charge in [0, 0.05) is 11.2 Å². The van der Waals surface area contributed by atoms with Gasteiger partial charge in [0.1, 0.15) is 0 Å². The molecule has 0 aliphatic heterocycles. The van der Waals surface area contributed by atoms with Gasteiger partial charge in [0.15, 0.2) is 0 Å². The Morgan fingerprint density at radius 2 is 1.94 bits per heavy atom. The number of benzene rings is 1. The van der Waals surface area contributed by atoms with Gasteiger partial charge in [-0.3, -0.25) is 4.68 Å². The lowest BCUT2D eigenvalue weighted by atomic mass is 10.1. The summed E-state index contributed by atoms with van der Waals surface area (Å²) in [5.74, 6) is 0.527. The highest BCUT2D eigenvalue weighted by Crippen LogP contribution is 2.14. The summed E-state index contributed by atoms with van der Waals surface area (Å²) in [5, 5.41) is 5.11. The molecule has 16 heavy (non-hydrogen) atoms. The molecule has 2 aromatic rings. The Kier molecular flexibility index (Phi) is 3.30. The van der Waals surface area contributed by atoms with Gasteiger partial charge in [-0.2, -0.15) is 5.10 Å². The van der Waals surface area contributed by atoms with Gasteiger partial charge >= 0.3 is 0 Å². The molecule has 1 heterocycles. The van der Waals surface area contributed by atoms with E-state index in [1.165, 1.54) is 11.1 Å². The first-order valence-electron chi connectivity index (χ1n) is 5.42. The van der Waals surface area contributed by atoms with Crippen molar-refractivity contribution in [2.45, 2.75) is 26.3 Å². The van der Waals surface area contributed by atoms with Crippen molar-refractivity contribution in [3.05, 3.63) is 52.8 Å². The van der Waals surface area contributed by atoms with Crippen LogP contribution in [0.15, 0.2) is 36.7 Å². The molecule has 2 nitrogen and oxygen atoms in total. The van der Waals surface area contributed by atoms with E-state index in [0.717, 1.165) is 11.6 Å². The van der Waals surface area contributed by atoms with Crippen molar-refractivity contribution in [1.29, 1.82) is 0 Å². The molecule has 0 N–H and O–H groups in total. The summed E-state index contributed by atoms with van der Waals surface area (Å²) in [7, 11) is 0. The van der Waals surface area contributed by atoms with Crippen molar-refractivity contribution >= 4 is 11.6 Å². The summed E-state index contributed by atoms with van der Waals surface area (Å²) >= 11 is 5.84. The molecule has 1 aromatic carbocycles. The van der Waals surface area contributed by atoms with E-state index in [1.54, 1.807) is 0 Å². The third kappa shape index (κ3) is 2.64. The molecule has 0 atom stereocenters. The average molecular weight is 235 g/mol. The smallest absolute Gasteiger partial charge is 0.0659 e. The average Bonchev–Trinajstić information content (AvgIpc) is 2.70. The van der Waals surface area contributed by atoms with Crippen LogP contribution < -0.4 is 0 Å². The van der Waals surface area contributed by atoms with Crippen molar-refractivity contribution in [2.75, 3.05) is 0 Å². The van der Waals surface area contributed by atoms with Crippen LogP contribution in [0, 0.1) is 0 Å². The van der Waals surface area contributed by atoms with Crippen LogP contribution in [-0.4, -0.2) is 9.78 Å². The Balaban J connectivity index is 2.11. The molecule has 0 spiro atoms. The molecule has 0 fully saturated rings.